The van der Waals surface area contributed by atoms with Crippen LogP contribution in [0, 0.1) is 5.41 Å². The molecule has 0 atom stereocenters. The largest absolute Gasteiger partial charge is 0.381 e. The molecule has 2 N–H and O–H groups in total. The first kappa shape index (κ1) is 16.9. The summed E-state index contributed by atoms with van der Waals surface area (Å²) < 4.78 is 33.1. The standard InChI is InChI=1S/C14H24N2O3S2/c1-3-15-10-12-13(4-9-20-12)21(17,18)16-11-14(2)5-7-19-8-6-14/h4,9,15-16H,3,5-8,10-11H2,1-2H3. The maximum absolute atomic E-state index is 12.5. The zero-order chi connectivity index (χ0) is 15.3. The minimum absolute atomic E-state index is 0.0107. The first-order valence-corrected chi connectivity index (χ1v) is 9.68. The van der Waals surface area contributed by atoms with Crippen molar-refractivity contribution in [3.05, 3.63) is 16.3 Å². The van der Waals surface area contributed by atoms with Gasteiger partial charge >= 0.3 is 0 Å². The van der Waals surface area contributed by atoms with Crippen LogP contribution in [0.25, 0.3) is 0 Å². The lowest BCUT2D eigenvalue weighted by atomic mass is 9.83. The van der Waals surface area contributed by atoms with Crippen molar-refractivity contribution in [3.8, 4) is 0 Å². The molecular weight excluding hydrogens is 308 g/mol. The predicted octanol–water partition coefficient (Wildman–Crippen LogP) is 1.95. The molecular formula is C14H24N2O3S2. The topological polar surface area (TPSA) is 67.4 Å². The molecule has 1 fully saturated rings. The number of thiophene rings is 1. The van der Waals surface area contributed by atoms with Gasteiger partial charge in [0.15, 0.2) is 0 Å². The van der Waals surface area contributed by atoms with Crippen LogP contribution in [-0.2, 0) is 21.3 Å². The Morgan fingerprint density at radius 2 is 2.10 bits per heavy atom. The van der Waals surface area contributed by atoms with Crippen LogP contribution in [0.3, 0.4) is 0 Å². The Kier molecular flexibility index (Phi) is 5.79. The van der Waals surface area contributed by atoms with Crippen LogP contribution >= 0.6 is 11.3 Å². The van der Waals surface area contributed by atoms with Gasteiger partial charge in [-0.25, -0.2) is 13.1 Å². The van der Waals surface area contributed by atoms with E-state index in [2.05, 4.69) is 17.0 Å². The van der Waals surface area contributed by atoms with Crippen molar-refractivity contribution in [2.24, 2.45) is 5.41 Å². The van der Waals surface area contributed by atoms with E-state index in [0.29, 0.717) is 31.2 Å². The quantitative estimate of drug-likeness (QED) is 0.801. The lowest BCUT2D eigenvalue weighted by molar-refractivity contribution is 0.0264. The van der Waals surface area contributed by atoms with Crippen molar-refractivity contribution < 1.29 is 13.2 Å². The molecule has 0 spiro atoms. The molecule has 21 heavy (non-hydrogen) atoms. The van der Waals surface area contributed by atoms with Gasteiger partial charge < -0.3 is 10.1 Å². The summed E-state index contributed by atoms with van der Waals surface area (Å²) in [5, 5.41) is 5.01. The number of nitrogens with one attached hydrogen (secondary N) is 2. The molecule has 1 aliphatic heterocycles. The van der Waals surface area contributed by atoms with Crippen LogP contribution in [0.4, 0.5) is 0 Å². The first-order valence-electron chi connectivity index (χ1n) is 7.31. The van der Waals surface area contributed by atoms with Crippen LogP contribution < -0.4 is 10.0 Å². The van der Waals surface area contributed by atoms with E-state index in [1.165, 1.54) is 11.3 Å². The Morgan fingerprint density at radius 1 is 1.38 bits per heavy atom. The highest BCUT2D eigenvalue weighted by Crippen LogP contribution is 2.30. The highest BCUT2D eigenvalue weighted by molar-refractivity contribution is 7.89. The Balaban J connectivity index is 2.03. The molecule has 0 aliphatic carbocycles. The second-order valence-corrected chi connectivity index (χ2v) is 8.47. The van der Waals surface area contributed by atoms with Crippen LogP contribution in [0.2, 0.25) is 0 Å². The Morgan fingerprint density at radius 3 is 2.76 bits per heavy atom. The minimum atomic E-state index is -3.44. The lowest BCUT2D eigenvalue weighted by Crippen LogP contribution is -2.39. The summed E-state index contributed by atoms with van der Waals surface area (Å²) in [5.41, 5.74) is -0.0107. The molecule has 1 aromatic rings. The van der Waals surface area contributed by atoms with E-state index in [0.717, 1.165) is 24.3 Å². The average molecular weight is 332 g/mol. The van der Waals surface area contributed by atoms with Crippen molar-refractivity contribution in [2.45, 2.75) is 38.1 Å². The molecule has 5 nitrogen and oxygen atoms in total. The molecule has 0 aromatic carbocycles. The van der Waals surface area contributed by atoms with E-state index in [9.17, 15) is 8.42 Å². The van der Waals surface area contributed by atoms with Crippen molar-refractivity contribution in [1.82, 2.24) is 10.0 Å². The fourth-order valence-electron chi connectivity index (χ4n) is 2.32. The van der Waals surface area contributed by atoms with E-state index in [-0.39, 0.29) is 5.41 Å². The zero-order valence-electron chi connectivity index (χ0n) is 12.6. The van der Waals surface area contributed by atoms with Gasteiger partial charge in [-0.3, -0.25) is 0 Å². The van der Waals surface area contributed by atoms with Gasteiger partial charge in [0, 0.05) is 31.2 Å². The highest BCUT2D eigenvalue weighted by atomic mass is 32.2. The van der Waals surface area contributed by atoms with Gasteiger partial charge in [-0.2, -0.15) is 0 Å². The number of hydrogen-bond acceptors (Lipinski definition) is 5. The second-order valence-electron chi connectivity index (χ2n) is 5.74. The first-order chi connectivity index (χ1) is 9.97. The predicted molar refractivity (Wildman–Crippen MR) is 85.0 cm³/mol. The SMILES string of the molecule is CCNCc1sccc1S(=O)(=O)NCC1(C)CCOCC1. The van der Waals surface area contributed by atoms with Gasteiger partial charge in [0.2, 0.25) is 10.0 Å². The molecule has 0 saturated carbocycles. The molecule has 2 heterocycles. The summed E-state index contributed by atoms with van der Waals surface area (Å²) in [7, 11) is -3.44. The highest BCUT2D eigenvalue weighted by Gasteiger charge is 2.30. The summed E-state index contributed by atoms with van der Waals surface area (Å²) >= 11 is 1.48. The van der Waals surface area contributed by atoms with Crippen LogP contribution in [0.5, 0.6) is 0 Å². The summed E-state index contributed by atoms with van der Waals surface area (Å²) in [4.78, 5) is 1.27. The third-order valence-electron chi connectivity index (χ3n) is 3.92. The molecule has 7 heteroatoms. The van der Waals surface area contributed by atoms with E-state index >= 15 is 0 Å². The van der Waals surface area contributed by atoms with Gasteiger partial charge in [0.05, 0.1) is 4.90 Å². The van der Waals surface area contributed by atoms with Gasteiger partial charge in [0.25, 0.3) is 0 Å². The van der Waals surface area contributed by atoms with E-state index in [1.807, 2.05) is 12.3 Å². The second kappa shape index (κ2) is 7.19. The normalized spacial score (nSPS) is 18.8. The summed E-state index contributed by atoms with van der Waals surface area (Å²) in [6.07, 6.45) is 1.78. The maximum atomic E-state index is 12.5. The molecule has 1 aromatic heterocycles. The lowest BCUT2D eigenvalue weighted by Gasteiger charge is -2.33. The Labute approximate surface area is 131 Å². The van der Waals surface area contributed by atoms with E-state index in [1.54, 1.807) is 6.07 Å². The van der Waals surface area contributed by atoms with Crippen LogP contribution in [-0.4, -0.2) is 34.7 Å². The minimum Gasteiger partial charge on any atom is -0.381 e. The van der Waals surface area contributed by atoms with Crippen molar-refractivity contribution in [1.29, 1.82) is 0 Å². The molecule has 1 saturated heterocycles. The van der Waals surface area contributed by atoms with Gasteiger partial charge in [0.1, 0.15) is 0 Å². The van der Waals surface area contributed by atoms with Crippen LogP contribution in [0.1, 0.15) is 31.6 Å². The molecule has 2 rings (SSSR count). The zero-order valence-corrected chi connectivity index (χ0v) is 14.3. The molecule has 0 bridgehead atoms. The van der Waals surface area contributed by atoms with Crippen molar-refractivity contribution >= 4 is 21.4 Å². The molecule has 0 amide bonds. The number of ether oxygens (including phenoxy) is 1. The van der Waals surface area contributed by atoms with Gasteiger partial charge in [-0.15, -0.1) is 11.3 Å². The summed E-state index contributed by atoms with van der Waals surface area (Å²) in [6.45, 7) is 7.43. The fourth-order valence-corrected chi connectivity index (χ4v) is 4.93. The van der Waals surface area contributed by atoms with Crippen LogP contribution in [0.15, 0.2) is 16.3 Å². The monoisotopic (exact) mass is 332 g/mol. The third-order valence-corrected chi connectivity index (χ3v) is 6.45. The van der Waals surface area contributed by atoms with E-state index in [4.69, 9.17) is 4.74 Å². The number of sulfonamides is 1. The number of rotatable bonds is 7. The summed E-state index contributed by atoms with van der Waals surface area (Å²) in [6, 6.07) is 1.69. The fraction of sp³-hybridized carbons (Fsp3) is 0.714. The maximum Gasteiger partial charge on any atom is 0.241 e. The molecule has 120 valence electrons. The molecule has 0 unspecified atom stereocenters. The smallest absolute Gasteiger partial charge is 0.241 e. The Hall–Kier alpha value is -0.470. The van der Waals surface area contributed by atoms with E-state index < -0.39 is 10.0 Å². The average Bonchev–Trinajstić information content (AvgIpc) is 2.93. The van der Waals surface area contributed by atoms with Crippen molar-refractivity contribution in [2.75, 3.05) is 26.3 Å². The van der Waals surface area contributed by atoms with Crippen molar-refractivity contribution in [3.63, 3.8) is 0 Å². The van der Waals surface area contributed by atoms with Gasteiger partial charge in [-0.05, 0) is 36.2 Å². The third kappa shape index (κ3) is 4.50. The molecule has 1 aliphatic rings. The Bertz CT molecular complexity index is 548. The van der Waals surface area contributed by atoms with Gasteiger partial charge in [-0.1, -0.05) is 13.8 Å². The summed E-state index contributed by atoms with van der Waals surface area (Å²) in [5.74, 6) is 0. The molecule has 0 radical (unpaired) electrons. The number of hydrogen-bond donors (Lipinski definition) is 2.